The fourth-order valence-electron chi connectivity index (χ4n) is 4.08. The number of benzene rings is 3. The second-order valence-corrected chi connectivity index (χ2v) is 9.08. The molecule has 7 heteroatoms. The highest BCUT2D eigenvalue weighted by Gasteiger charge is 2.15. The Morgan fingerprint density at radius 2 is 1.74 bits per heavy atom. The first-order valence-corrected chi connectivity index (χ1v) is 12.4. The molecule has 1 aliphatic rings. The third-order valence-corrected chi connectivity index (χ3v) is 6.54. The van der Waals surface area contributed by atoms with Gasteiger partial charge in [0.2, 0.25) is 0 Å². The van der Waals surface area contributed by atoms with Crippen LogP contribution >= 0.6 is 23.2 Å². The van der Waals surface area contributed by atoms with Gasteiger partial charge in [0.15, 0.2) is 11.5 Å². The molecule has 0 bridgehead atoms. The summed E-state index contributed by atoms with van der Waals surface area (Å²) < 4.78 is 25.7. The van der Waals surface area contributed by atoms with Crippen LogP contribution in [0.5, 0.6) is 11.5 Å². The van der Waals surface area contributed by atoms with Gasteiger partial charge in [-0.05, 0) is 74.2 Å². The number of ether oxygens (including phenoxy) is 2. The van der Waals surface area contributed by atoms with Crippen molar-refractivity contribution in [2.45, 2.75) is 39.3 Å². The summed E-state index contributed by atoms with van der Waals surface area (Å²) >= 11 is 12.7. The predicted octanol–water partition coefficient (Wildman–Crippen LogP) is 7.71. The zero-order valence-corrected chi connectivity index (χ0v) is 20.8. The van der Waals surface area contributed by atoms with E-state index >= 15 is 0 Å². The fraction of sp³-hybridized carbons (Fsp3) is 0.333. The van der Waals surface area contributed by atoms with Crippen LogP contribution in [0.25, 0.3) is 0 Å². The molecular formula is C27H29Cl2FN2O2. The minimum atomic E-state index is -0.392. The van der Waals surface area contributed by atoms with E-state index in [4.69, 9.17) is 32.7 Å². The molecule has 1 aliphatic heterocycles. The molecule has 1 heterocycles. The molecular weight excluding hydrogens is 474 g/mol. The van der Waals surface area contributed by atoms with E-state index in [1.807, 2.05) is 31.2 Å². The average molecular weight is 503 g/mol. The molecule has 1 saturated heterocycles. The first-order valence-electron chi connectivity index (χ1n) is 11.6. The Hall–Kier alpha value is -2.63. The van der Waals surface area contributed by atoms with Gasteiger partial charge in [-0.15, -0.1) is 0 Å². The van der Waals surface area contributed by atoms with Crippen LogP contribution in [0.4, 0.5) is 15.8 Å². The monoisotopic (exact) mass is 502 g/mol. The van der Waals surface area contributed by atoms with Crippen LogP contribution in [0.2, 0.25) is 10.0 Å². The zero-order valence-electron chi connectivity index (χ0n) is 19.3. The van der Waals surface area contributed by atoms with E-state index in [0.717, 1.165) is 35.1 Å². The van der Waals surface area contributed by atoms with Gasteiger partial charge >= 0.3 is 0 Å². The van der Waals surface area contributed by atoms with Crippen molar-refractivity contribution in [2.24, 2.45) is 0 Å². The van der Waals surface area contributed by atoms with E-state index in [1.54, 1.807) is 12.1 Å². The molecule has 0 spiro atoms. The lowest BCUT2D eigenvalue weighted by atomic mass is 10.1. The van der Waals surface area contributed by atoms with Gasteiger partial charge in [-0.2, -0.15) is 0 Å². The van der Waals surface area contributed by atoms with E-state index < -0.39 is 5.82 Å². The standard InChI is InChI=1S/C27H29Cl2FN2O2/c1-2-33-27-15-19(9-12-26(27)34-18-21-22(28)7-6-8-24(21)30)17-31-20-10-11-25(23(29)16-20)32-13-4-3-5-14-32/h6-12,15-16,31H,2-5,13-14,17-18H2,1H3. The molecule has 0 atom stereocenters. The van der Waals surface area contributed by atoms with Crippen molar-refractivity contribution in [3.63, 3.8) is 0 Å². The number of halogens is 3. The maximum absolute atomic E-state index is 14.1. The Morgan fingerprint density at radius 3 is 2.47 bits per heavy atom. The summed E-state index contributed by atoms with van der Waals surface area (Å²) in [6.45, 7) is 5.13. The number of piperidine rings is 1. The van der Waals surface area contributed by atoms with E-state index in [9.17, 15) is 4.39 Å². The van der Waals surface area contributed by atoms with Crippen molar-refractivity contribution in [1.29, 1.82) is 0 Å². The fourth-order valence-corrected chi connectivity index (χ4v) is 4.60. The van der Waals surface area contributed by atoms with Gasteiger partial charge in [-0.1, -0.05) is 35.3 Å². The summed E-state index contributed by atoms with van der Waals surface area (Å²) in [6, 6.07) is 16.4. The van der Waals surface area contributed by atoms with Crippen molar-refractivity contribution in [3.05, 3.63) is 81.6 Å². The number of nitrogens with one attached hydrogen (secondary N) is 1. The summed E-state index contributed by atoms with van der Waals surface area (Å²) in [5.74, 6) is 0.753. The molecule has 4 rings (SSSR count). The molecule has 180 valence electrons. The molecule has 34 heavy (non-hydrogen) atoms. The molecule has 0 saturated carbocycles. The summed E-state index contributed by atoms with van der Waals surface area (Å²) in [6.07, 6.45) is 3.72. The number of nitrogens with zero attached hydrogens (tertiary/aromatic N) is 1. The summed E-state index contributed by atoms with van der Waals surface area (Å²) in [5.41, 5.74) is 3.40. The van der Waals surface area contributed by atoms with Gasteiger partial charge in [-0.25, -0.2) is 4.39 Å². The minimum Gasteiger partial charge on any atom is -0.490 e. The molecule has 1 N–H and O–H groups in total. The number of hydrogen-bond donors (Lipinski definition) is 1. The van der Waals surface area contributed by atoms with Crippen molar-refractivity contribution < 1.29 is 13.9 Å². The minimum absolute atomic E-state index is 0.0189. The van der Waals surface area contributed by atoms with Crippen LogP contribution in [0.15, 0.2) is 54.6 Å². The summed E-state index contributed by atoms with van der Waals surface area (Å²) in [7, 11) is 0. The van der Waals surface area contributed by atoms with Crippen molar-refractivity contribution in [2.75, 3.05) is 29.9 Å². The van der Waals surface area contributed by atoms with Gasteiger partial charge in [-0.3, -0.25) is 0 Å². The molecule has 0 aliphatic carbocycles. The maximum atomic E-state index is 14.1. The smallest absolute Gasteiger partial charge is 0.161 e. The second kappa shape index (κ2) is 11.7. The van der Waals surface area contributed by atoms with Gasteiger partial charge in [0, 0.05) is 30.9 Å². The van der Waals surface area contributed by atoms with E-state index in [0.29, 0.717) is 35.2 Å². The lowest BCUT2D eigenvalue weighted by molar-refractivity contribution is 0.265. The Kier molecular flexibility index (Phi) is 8.41. The van der Waals surface area contributed by atoms with Gasteiger partial charge in [0.05, 0.1) is 22.3 Å². The third kappa shape index (κ3) is 6.08. The third-order valence-electron chi connectivity index (χ3n) is 5.88. The molecule has 0 amide bonds. The number of anilines is 2. The van der Waals surface area contributed by atoms with Crippen molar-refractivity contribution in [3.8, 4) is 11.5 Å². The van der Waals surface area contributed by atoms with E-state index in [2.05, 4.69) is 22.3 Å². The maximum Gasteiger partial charge on any atom is 0.161 e. The van der Waals surface area contributed by atoms with Crippen LogP contribution < -0.4 is 19.7 Å². The molecule has 3 aromatic rings. The van der Waals surface area contributed by atoms with E-state index in [-0.39, 0.29) is 6.61 Å². The van der Waals surface area contributed by atoms with Gasteiger partial charge in [0.1, 0.15) is 12.4 Å². The Bertz CT molecular complexity index is 1100. The van der Waals surface area contributed by atoms with Crippen LogP contribution in [0.3, 0.4) is 0 Å². The van der Waals surface area contributed by atoms with Crippen molar-refractivity contribution in [1.82, 2.24) is 0 Å². The SMILES string of the molecule is CCOc1cc(CNc2ccc(N3CCCCC3)c(Cl)c2)ccc1OCc1c(F)cccc1Cl. The molecule has 0 aromatic heterocycles. The number of rotatable bonds is 9. The van der Waals surface area contributed by atoms with Crippen LogP contribution in [-0.2, 0) is 13.2 Å². The lowest BCUT2D eigenvalue weighted by Crippen LogP contribution is -2.29. The molecule has 4 nitrogen and oxygen atoms in total. The predicted molar refractivity (Wildman–Crippen MR) is 138 cm³/mol. The van der Waals surface area contributed by atoms with Crippen molar-refractivity contribution >= 4 is 34.6 Å². The molecule has 3 aromatic carbocycles. The quantitative estimate of drug-likeness (QED) is 0.324. The van der Waals surface area contributed by atoms with E-state index in [1.165, 1.54) is 25.3 Å². The van der Waals surface area contributed by atoms with Gasteiger partial charge in [0.25, 0.3) is 0 Å². The lowest BCUT2D eigenvalue weighted by Gasteiger charge is -2.29. The first-order chi connectivity index (χ1) is 16.5. The molecule has 0 unspecified atom stereocenters. The van der Waals surface area contributed by atoms with Crippen LogP contribution in [0, 0.1) is 5.82 Å². The van der Waals surface area contributed by atoms with Gasteiger partial charge < -0.3 is 19.7 Å². The molecule has 1 fully saturated rings. The normalized spacial score (nSPS) is 13.6. The molecule has 0 radical (unpaired) electrons. The zero-order chi connectivity index (χ0) is 23.9. The highest BCUT2D eigenvalue weighted by Crippen LogP contribution is 2.33. The highest BCUT2D eigenvalue weighted by atomic mass is 35.5. The second-order valence-electron chi connectivity index (χ2n) is 8.27. The summed E-state index contributed by atoms with van der Waals surface area (Å²) in [4.78, 5) is 2.36. The van der Waals surface area contributed by atoms with Crippen LogP contribution in [0.1, 0.15) is 37.3 Å². The highest BCUT2D eigenvalue weighted by molar-refractivity contribution is 6.33. The Balaban J connectivity index is 1.41. The Morgan fingerprint density at radius 1 is 0.912 bits per heavy atom. The number of hydrogen-bond acceptors (Lipinski definition) is 4. The average Bonchev–Trinajstić information content (AvgIpc) is 2.84. The topological polar surface area (TPSA) is 33.7 Å². The summed E-state index contributed by atoms with van der Waals surface area (Å²) in [5, 5.41) is 4.53. The van der Waals surface area contributed by atoms with Crippen LogP contribution in [-0.4, -0.2) is 19.7 Å². The first kappa shape index (κ1) is 24.5. The largest absolute Gasteiger partial charge is 0.490 e. The Labute approximate surface area is 210 Å².